The topological polar surface area (TPSA) is 53.0 Å². The van der Waals surface area contributed by atoms with Gasteiger partial charge in [-0.05, 0) is 6.42 Å². The molecule has 0 spiro atoms. The Morgan fingerprint density at radius 1 is 1.10 bits per heavy atom. The summed E-state index contributed by atoms with van der Waals surface area (Å²) in [7, 11) is 0. The number of alkyl halides is 3. The van der Waals surface area contributed by atoms with Gasteiger partial charge in [-0.1, -0.05) is 0 Å². The van der Waals surface area contributed by atoms with E-state index >= 15 is 0 Å². The van der Waals surface area contributed by atoms with E-state index in [0.717, 1.165) is 26.2 Å². The molecule has 1 aliphatic rings. The van der Waals surface area contributed by atoms with E-state index < -0.39 is 18.8 Å². The summed E-state index contributed by atoms with van der Waals surface area (Å²) in [6.45, 7) is 3.43. The molecule has 1 saturated heterocycles. The summed E-state index contributed by atoms with van der Waals surface area (Å²) in [5.74, 6) is -0.797. The van der Waals surface area contributed by atoms with Crippen LogP contribution >= 0.6 is 0 Å². The van der Waals surface area contributed by atoms with Gasteiger partial charge in [0.15, 0.2) is 0 Å². The zero-order valence-electron chi connectivity index (χ0n) is 11.4. The first-order valence-corrected chi connectivity index (χ1v) is 6.68. The Morgan fingerprint density at radius 2 is 1.65 bits per heavy atom. The second kappa shape index (κ2) is 8.43. The van der Waals surface area contributed by atoms with Gasteiger partial charge in [-0.2, -0.15) is 13.2 Å². The van der Waals surface area contributed by atoms with Crippen LogP contribution in [0.2, 0.25) is 0 Å². The average Bonchev–Trinajstić information content (AvgIpc) is 2.36. The molecule has 5 nitrogen and oxygen atoms in total. The summed E-state index contributed by atoms with van der Waals surface area (Å²) in [6.07, 6.45) is -3.54. The van der Waals surface area contributed by atoms with Gasteiger partial charge in [0, 0.05) is 45.9 Å². The van der Waals surface area contributed by atoms with E-state index in [1.807, 2.05) is 0 Å². The minimum Gasteiger partial charge on any atom is -0.481 e. The fourth-order valence-electron chi connectivity index (χ4n) is 2.07. The molecule has 0 saturated carbocycles. The van der Waals surface area contributed by atoms with Gasteiger partial charge in [-0.3, -0.25) is 4.79 Å². The Kier molecular flexibility index (Phi) is 7.25. The van der Waals surface area contributed by atoms with Crippen molar-refractivity contribution in [1.29, 1.82) is 0 Å². The maximum Gasteiger partial charge on any atom is 0.411 e. The molecule has 0 aromatic heterocycles. The Balaban J connectivity index is 2.01. The van der Waals surface area contributed by atoms with Gasteiger partial charge in [0.05, 0.1) is 6.42 Å². The number of hydrogen-bond donors (Lipinski definition) is 1. The minimum atomic E-state index is -4.25. The first-order valence-electron chi connectivity index (χ1n) is 6.68. The smallest absolute Gasteiger partial charge is 0.411 e. The molecule has 1 heterocycles. The van der Waals surface area contributed by atoms with Crippen molar-refractivity contribution in [2.75, 3.05) is 52.5 Å². The van der Waals surface area contributed by atoms with Crippen LogP contribution in [0, 0.1) is 0 Å². The minimum absolute atomic E-state index is 0.110. The predicted molar refractivity (Wildman–Crippen MR) is 66.6 cm³/mol. The van der Waals surface area contributed by atoms with Crippen molar-refractivity contribution in [3.8, 4) is 0 Å². The zero-order valence-corrected chi connectivity index (χ0v) is 11.4. The second-order valence-corrected chi connectivity index (χ2v) is 4.85. The number of carboxylic acid groups (broad SMARTS) is 1. The van der Waals surface area contributed by atoms with Gasteiger partial charge >= 0.3 is 12.1 Å². The van der Waals surface area contributed by atoms with Gasteiger partial charge in [0.25, 0.3) is 0 Å². The highest BCUT2D eigenvalue weighted by Crippen LogP contribution is 2.14. The summed E-state index contributed by atoms with van der Waals surface area (Å²) in [5.41, 5.74) is 0. The Hall–Kier alpha value is -0.860. The molecule has 0 radical (unpaired) electrons. The maximum absolute atomic E-state index is 11.8. The van der Waals surface area contributed by atoms with E-state index in [9.17, 15) is 18.0 Å². The lowest BCUT2D eigenvalue weighted by molar-refractivity contribution is -0.174. The predicted octanol–water partition coefficient (Wildman–Crippen LogP) is 1.05. The molecule has 0 aromatic carbocycles. The molecular formula is C12H21F3N2O3. The number of carbonyl (C=O) groups is 1. The highest BCUT2D eigenvalue weighted by atomic mass is 19.4. The molecule has 0 aliphatic carbocycles. The van der Waals surface area contributed by atoms with Crippen molar-refractivity contribution in [3.05, 3.63) is 0 Å². The molecule has 0 unspecified atom stereocenters. The van der Waals surface area contributed by atoms with E-state index in [-0.39, 0.29) is 13.0 Å². The lowest BCUT2D eigenvalue weighted by Gasteiger charge is -2.34. The van der Waals surface area contributed by atoms with Crippen LogP contribution in [-0.4, -0.2) is 79.5 Å². The molecule has 1 N–H and O–H groups in total. The number of hydrogen-bond acceptors (Lipinski definition) is 4. The molecule has 1 aliphatic heterocycles. The highest BCUT2D eigenvalue weighted by Gasteiger charge is 2.27. The van der Waals surface area contributed by atoms with Crippen molar-refractivity contribution in [2.24, 2.45) is 0 Å². The van der Waals surface area contributed by atoms with E-state index in [1.54, 1.807) is 0 Å². The molecule has 0 bridgehead atoms. The van der Waals surface area contributed by atoms with Crippen LogP contribution in [0.5, 0.6) is 0 Å². The van der Waals surface area contributed by atoms with Crippen molar-refractivity contribution in [1.82, 2.24) is 9.80 Å². The van der Waals surface area contributed by atoms with Gasteiger partial charge in [-0.15, -0.1) is 0 Å². The van der Waals surface area contributed by atoms with Crippen molar-refractivity contribution in [2.45, 2.75) is 19.0 Å². The van der Waals surface area contributed by atoms with Gasteiger partial charge < -0.3 is 19.6 Å². The number of ether oxygens (including phenoxy) is 1. The molecule has 8 heteroatoms. The number of nitrogens with zero attached hydrogens (tertiary/aromatic N) is 2. The maximum atomic E-state index is 11.8. The summed E-state index contributed by atoms with van der Waals surface area (Å²) in [6, 6.07) is 0. The van der Waals surface area contributed by atoms with Crippen LogP contribution in [0.3, 0.4) is 0 Å². The lowest BCUT2D eigenvalue weighted by atomic mass is 10.2. The third-order valence-corrected chi connectivity index (χ3v) is 3.14. The second-order valence-electron chi connectivity index (χ2n) is 4.85. The van der Waals surface area contributed by atoms with E-state index in [4.69, 9.17) is 5.11 Å². The van der Waals surface area contributed by atoms with Crippen LogP contribution < -0.4 is 0 Å². The summed E-state index contributed by atoms with van der Waals surface area (Å²) < 4.78 is 40.0. The molecule has 20 heavy (non-hydrogen) atoms. The number of aliphatic carboxylic acids is 1. The standard InChI is InChI=1S/C12H21F3N2O3/c13-12(14,15)10-20-9-1-3-16-5-7-17(8-6-16)4-2-11(18)19/h1-10H2,(H,18,19). The SMILES string of the molecule is O=C(O)CCN1CCN(CCCOCC(F)(F)F)CC1. The molecule has 0 aromatic rings. The van der Waals surface area contributed by atoms with Gasteiger partial charge in [0.1, 0.15) is 6.61 Å². The van der Waals surface area contributed by atoms with Gasteiger partial charge in [0.2, 0.25) is 0 Å². The zero-order chi connectivity index (χ0) is 15.0. The number of halogens is 3. The Morgan fingerprint density at radius 3 is 2.15 bits per heavy atom. The third-order valence-electron chi connectivity index (χ3n) is 3.14. The Labute approximate surface area is 116 Å². The van der Waals surface area contributed by atoms with Crippen molar-refractivity contribution in [3.63, 3.8) is 0 Å². The van der Waals surface area contributed by atoms with Crippen LogP contribution in [0.25, 0.3) is 0 Å². The number of carboxylic acids is 1. The monoisotopic (exact) mass is 298 g/mol. The van der Waals surface area contributed by atoms with Crippen LogP contribution in [0.4, 0.5) is 13.2 Å². The van der Waals surface area contributed by atoms with Crippen LogP contribution in [0.1, 0.15) is 12.8 Å². The molecule has 118 valence electrons. The van der Waals surface area contributed by atoms with Crippen molar-refractivity contribution >= 4 is 5.97 Å². The fraction of sp³-hybridized carbons (Fsp3) is 0.917. The van der Waals surface area contributed by atoms with E-state index in [1.165, 1.54) is 0 Å². The fourth-order valence-corrected chi connectivity index (χ4v) is 2.07. The molecule has 0 atom stereocenters. The third kappa shape index (κ3) is 8.34. The molecule has 1 rings (SSSR count). The molecule has 1 fully saturated rings. The summed E-state index contributed by atoms with van der Waals surface area (Å²) in [5, 5.41) is 8.59. The first kappa shape index (κ1) is 17.2. The van der Waals surface area contributed by atoms with Gasteiger partial charge in [-0.25, -0.2) is 0 Å². The van der Waals surface area contributed by atoms with Crippen LogP contribution in [-0.2, 0) is 9.53 Å². The van der Waals surface area contributed by atoms with Crippen LogP contribution in [0.15, 0.2) is 0 Å². The first-order chi connectivity index (χ1) is 9.37. The molecular weight excluding hydrogens is 277 g/mol. The summed E-state index contributed by atoms with van der Waals surface area (Å²) in [4.78, 5) is 14.7. The van der Waals surface area contributed by atoms with E-state index in [0.29, 0.717) is 19.5 Å². The number of rotatable bonds is 8. The highest BCUT2D eigenvalue weighted by molar-refractivity contribution is 5.66. The summed E-state index contributed by atoms with van der Waals surface area (Å²) >= 11 is 0. The Bertz CT molecular complexity index is 292. The average molecular weight is 298 g/mol. The lowest BCUT2D eigenvalue weighted by Crippen LogP contribution is -2.47. The molecule has 0 amide bonds. The normalized spacial score (nSPS) is 18.4. The van der Waals surface area contributed by atoms with Crippen molar-refractivity contribution < 1.29 is 27.8 Å². The number of piperazine rings is 1. The van der Waals surface area contributed by atoms with E-state index in [2.05, 4.69) is 14.5 Å². The quantitative estimate of drug-likeness (QED) is 0.679. The largest absolute Gasteiger partial charge is 0.481 e.